The zero-order valence-electron chi connectivity index (χ0n) is 18.9. The second-order valence-electron chi connectivity index (χ2n) is 8.98. The summed E-state index contributed by atoms with van der Waals surface area (Å²) in [5, 5.41) is 3.67. The molecule has 0 heterocycles. The number of halogens is 1. The number of hydrogen-bond donors (Lipinski definition) is 1. The lowest BCUT2D eigenvalue weighted by molar-refractivity contribution is -0.141. The third-order valence-electron chi connectivity index (χ3n) is 4.79. The normalized spacial score (nSPS) is 12.4. The third kappa shape index (κ3) is 7.17. The van der Waals surface area contributed by atoms with Crippen molar-refractivity contribution in [3.63, 3.8) is 0 Å². The van der Waals surface area contributed by atoms with Gasteiger partial charge in [0.1, 0.15) is 6.04 Å². The van der Waals surface area contributed by atoms with Crippen LogP contribution in [-0.2, 0) is 22.6 Å². The Balaban J connectivity index is 2.33. The van der Waals surface area contributed by atoms with E-state index in [1.807, 2.05) is 65.8 Å². The van der Waals surface area contributed by atoms with Gasteiger partial charge in [-0.15, -0.1) is 0 Å². The molecule has 0 fully saturated rings. The zero-order chi connectivity index (χ0) is 22.5. The van der Waals surface area contributed by atoms with E-state index in [0.29, 0.717) is 18.0 Å². The Bertz CT molecular complexity index is 865. The number of carbonyl (C=O) groups excluding carboxylic acids is 2. The molecule has 2 aromatic rings. The highest BCUT2D eigenvalue weighted by molar-refractivity contribution is 6.30. The number of nitrogens with one attached hydrogen (secondary N) is 1. The zero-order valence-corrected chi connectivity index (χ0v) is 19.6. The number of aryl methyl sites for hydroxylation is 2. The van der Waals surface area contributed by atoms with Gasteiger partial charge in [0.15, 0.2) is 0 Å². The monoisotopic (exact) mass is 428 g/mol. The number of amides is 2. The Labute approximate surface area is 185 Å². The number of carbonyl (C=O) groups is 2. The molecular weight excluding hydrogens is 396 g/mol. The number of benzene rings is 2. The van der Waals surface area contributed by atoms with Gasteiger partial charge in [0.25, 0.3) is 0 Å². The minimum Gasteiger partial charge on any atom is -0.350 e. The van der Waals surface area contributed by atoms with E-state index in [2.05, 4.69) is 11.4 Å². The maximum absolute atomic E-state index is 13.4. The summed E-state index contributed by atoms with van der Waals surface area (Å²) in [6.45, 7) is 12.2. The Hall–Kier alpha value is -2.33. The molecule has 4 nitrogen and oxygen atoms in total. The summed E-state index contributed by atoms with van der Waals surface area (Å²) >= 11 is 6.02. The standard InChI is InChI=1S/C25H33ClN2O2/c1-7-22(24(30)27-25(4,5)6)28(16-19-8-10-21(26)11-9-19)23(29)15-20-13-17(2)12-18(3)14-20/h8-14,22H,7,15-16H2,1-6H3,(H,27,30). The molecule has 0 saturated heterocycles. The molecule has 30 heavy (non-hydrogen) atoms. The second kappa shape index (κ2) is 10.1. The first kappa shape index (κ1) is 23.9. The topological polar surface area (TPSA) is 49.4 Å². The molecule has 2 aromatic carbocycles. The first-order valence-corrected chi connectivity index (χ1v) is 10.8. The lowest BCUT2D eigenvalue weighted by Crippen LogP contribution is -2.53. The van der Waals surface area contributed by atoms with Gasteiger partial charge in [-0.25, -0.2) is 0 Å². The minimum absolute atomic E-state index is 0.0640. The second-order valence-corrected chi connectivity index (χ2v) is 9.42. The van der Waals surface area contributed by atoms with E-state index in [9.17, 15) is 9.59 Å². The summed E-state index contributed by atoms with van der Waals surface area (Å²) < 4.78 is 0. The van der Waals surface area contributed by atoms with Crippen molar-refractivity contribution in [2.75, 3.05) is 0 Å². The number of hydrogen-bond acceptors (Lipinski definition) is 2. The summed E-state index contributed by atoms with van der Waals surface area (Å²) in [5.74, 6) is -0.196. The van der Waals surface area contributed by atoms with Gasteiger partial charge < -0.3 is 10.2 Å². The summed E-state index contributed by atoms with van der Waals surface area (Å²) in [4.78, 5) is 28.1. The van der Waals surface area contributed by atoms with Crippen LogP contribution in [0.1, 0.15) is 56.4 Å². The SMILES string of the molecule is CCC(C(=O)NC(C)(C)C)N(Cc1ccc(Cl)cc1)C(=O)Cc1cc(C)cc(C)c1. The molecule has 0 aliphatic rings. The molecule has 0 aliphatic heterocycles. The molecule has 2 rings (SSSR count). The molecule has 162 valence electrons. The highest BCUT2D eigenvalue weighted by Crippen LogP contribution is 2.18. The summed E-state index contributed by atoms with van der Waals surface area (Å²) in [7, 11) is 0. The molecule has 1 N–H and O–H groups in total. The van der Waals surface area contributed by atoms with Crippen LogP contribution in [0.5, 0.6) is 0 Å². The molecule has 0 spiro atoms. The van der Waals surface area contributed by atoms with Crippen LogP contribution in [-0.4, -0.2) is 28.3 Å². The summed E-state index contributed by atoms with van der Waals surface area (Å²) in [6.07, 6.45) is 0.795. The number of rotatable bonds is 7. The Morgan fingerprint density at radius 3 is 2.07 bits per heavy atom. The highest BCUT2D eigenvalue weighted by atomic mass is 35.5. The van der Waals surface area contributed by atoms with Gasteiger partial charge >= 0.3 is 0 Å². The Morgan fingerprint density at radius 2 is 1.57 bits per heavy atom. The van der Waals surface area contributed by atoms with E-state index in [-0.39, 0.29) is 23.8 Å². The van der Waals surface area contributed by atoms with Crippen LogP contribution < -0.4 is 5.32 Å². The van der Waals surface area contributed by atoms with Crippen molar-refractivity contribution in [2.45, 2.75) is 72.5 Å². The van der Waals surface area contributed by atoms with Gasteiger partial charge in [-0.3, -0.25) is 9.59 Å². The van der Waals surface area contributed by atoms with Crippen LogP contribution in [0.3, 0.4) is 0 Å². The van der Waals surface area contributed by atoms with E-state index in [4.69, 9.17) is 11.6 Å². The first-order chi connectivity index (χ1) is 14.0. The highest BCUT2D eigenvalue weighted by Gasteiger charge is 2.30. The van der Waals surface area contributed by atoms with Crippen molar-refractivity contribution in [3.8, 4) is 0 Å². The van der Waals surface area contributed by atoms with E-state index in [1.54, 1.807) is 17.0 Å². The summed E-state index contributed by atoms with van der Waals surface area (Å²) in [6, 6.07) is 13.0. The van der Waals surface area contributed by atoms with Crippen molar-refractivity contribution in [3.05, 3.63) is 69.7 Å². The molecule has 1 atom stereocenters. The average molecular weight is 429 g/mol. The third-order valence-corrected chi connectivity index (χ3v) is 5.04. The van der Waals surface area contributed by atoms with Crippen molar-refractivity contribution < 1.29 is 9.59 Å². The molecule has 0 aromatic heterocycles. The van der Waals surface area contributed by atoms with Crippen molar-refractivity contribution in [1.82, 2.24) is 10.2 Å². The van der Waals surface area contributed by atoms with Crippen molar-refractivity contribution in [1.29, 1.82) is 0 Å². The van der Waals surface area contributed by atoms with E-state index < -0.39 is 6.04 Å². The van der Waals surface area contributed by atoms with E-state index >= 15 is 0 Å². The van der Waals surface area contributed by atoms with Gasteiger partial charge in [-0.2, -0.15) is 0 Å². The Morgan fingerprint density at radius 1 is 1.00 bits per heavy atom. The predicted molar refractivity (Wildman–Crippen MR) is 124 cm³/mol. The average Bonchev–Trinajstić information content (AvgIpc) is 2.60. The minimum atomic E-state index is -0.543. The van der Waals surface area contributed by atoms with Gasteiger partial charge in [-0.05, 0) is 64.3 Å². The number of nitrogens with zero attached hydrogens (tertiary/aromatic N) is 1. The fourth-order valence-corrected chi connectivity index (χ4v) is 3.73. The Kier molecular flexibility index (Phi) is 8.08. The van der Waals surface area contributed by atoms with Crippen molar-refractivity contribution >= 4 is 23.4 Å². The lowest BCUT2D eigenvalue weighted by atomic mass is 10.0. The maximum Gasteiger partial charge on any atom is 0.243 e. The molecule has 0 bridgehead atoms. The van der Waals surface area contributed by atoms with Gasteiger partial charge in [0.05, 0.1) is 6.42 Å². The van der Waals surface area contributed by atoms with Crippen LogP contribution >= 0.6 is 11.6 Å². The summed E-state index contributed by atoms with van der Waals surface area (Å²) in [5.41, 5.74) is 3.78. The fourth-order valence-electron chi connectivity index (χ4n) is 3.61. The largest absolute Gasteiger partial charge is 0.350 e. The molecule has 5 heteroatoms. The molecule has 1 unspecified atom stereocenters. The van der Waals surface area contributed by atoms with Crippen LogP contribution in [0.15, 0.2) is 42.5 Å². The van der Waals surface area contributed by atoms with Crippen LogP contribution in [0.4, 0.5) is 0 Å². The lowest BCUT2D eigenvalue weighted by Gasteiger charge is -2.33. The van der Waals surface area contributed by atoms with E-state index in [1.165, 1.54) is 0 Å². The predicted octanol–water partition coefficient (Wildman–Crippen LogP) is 5.22. The maximum atomic E-state index is 13.4. The first-order valence-electron chi connectivity index (χ1n) is 10.4. The molecular formula is C25H33ClN2O2. The van der Waals surface area contributed by atoms with E-state index in [0.717, 1.165) is 22.3 Å². The molecule has 2 amide bonds. The van der Waals surface area contributed by atoms with Gasteiger partial charge in [0, 0.05) is 17.1 Å². The van der Waals surface area contributed by atoms with Crippen LogP contribution in [0, 0.1) is 13.8 Å². The van der Waals surface area contributed by atoms with Gasteiger partial charge in [-0.1, -0.05) is 60.0 Å². The van der Waals surface area contributed by atoms with Crippen LogP contribution in [0.25, 0.3) is 0 Å². The van der Waals surface area contributed by atoms with Crippen LogP contribution in [0.2, 0.25) is 5.02 Å². The van der Waals surface area contributed by atoms with Gasteiger partial charge in [0.2, 0.25) is 11.8 Å². The quantitative estimate of drug-likeness (QED) is 0.657. The molecule has 0 aliphatic carbocycles. The fraction of sp³-hybridized carbons (Fsp3) is 0.440. The smallest absolute Gasteiger partial charge is 0.243 e. The molecule has 0 saturated carbocycles. The van der Waals surface area contributed by atoms with Crippen molar-refractivity contribution in [2.24, 2.45) is 0 Å². The molecule has 0 radical (unpaired) electrons.